The van der Waals surface area contributed by atoms with E-state index in [1.54, 1.807) is 11.6 Å². The molecule has 0 unspecified atom stereocenters. The van der Waals surface area contributed by atoms with Gasteiger partial charge >= 0.3 is 0 Å². The molecule has 2 atom stereocenters. The number of piperidine rings is 1. The van der Waals surface area contributed by atoms with Crippen molar-refractivity contribution in [1.29, 1.82) is 0 Å². The Labute approximate surface area is 195 Å². The molecule has 1 saturated heterocycles. The van der Waals surface area contributed by atoms with Gasteiger partial charge in [0.2, 0.25) is 0 Å². The van der Waals surface area contributed by atoms with Gasteiger partial charge in [0.25, 0.3) is 0 Å². The van der Waals surface area contributed by atoms with Crippen LogP contribution in [0.4, 0.5) is 14.5 Å². The van der Waals surface area contributed by atoms with Crippen LogP contribution in [0.3, 0.4) is 0 Å². The van der Waals surface area contributed by atoms with Crippen LogP contribution in [0, 0.1) is 11.6 Å². The Morgan fingerprint density at radius 2 is 2.03 bits per heavy atom. The quantitative estimate of drug-likeness (QED) is 0.387. The van der Waals surface area contributed by atoms with E-state index in [0.29, 0.717) is 6.04 Å². The van der Waals surface area contributed by atoms with Crippen molar-refractivity contribution >= 4 is 16.6 Å². The lowest BCUT2D eigenvalue weighted by Gasteiger charge is -2.34. The molecular weight excluding hydrogens is 440 g/mol. The normalized spacial score (nSPS) is 17.5. The van der Waals surface area contributed by atoms with Gasteiger partial charge < -0.3 is 15.7 Å². The first-order valence-corrected chi connectivity index (χ1v) is 11.4. The average Bonchev–Trinajstić information content (AvgIpc) is 3.48. The SMILES string of the molecule is C[C@@H](n1cc2cc(NC3CCNCC3)ccc2n1)[C@](O)(Cn1cncn1)c1ccc(F)cc1F. The van der Waals surface area contributed by atoms with Crippen LogP contribution in [0.15, 0.2) is 55.2 Å². The summed E-state index contributed by atoms with van der Waals surface area (Å²) in [5.74, 6) is -1.55. The Bertz CT molecular complexity index is 1270. The van der Waals surface area contributed by atoms with Crippen LogP contribution in [0.25, 0.3) is 10.9 Å². The van der Waals surface area contributed by atoms with Crippen LogP contribution in [-0.2, 0) is 12.1 Å². The summed E-state index contributed by atoms with van der Waals surface area (Å²) in [5, 5.41) is 28.4. The van der Waals surface area contributed by atoms with Gasteiger partial charge in [-0.05, 0) is 57.1 Å². The molecule has 0 amide bonds. The molecule has 1 fully saturated rings. The molecule has 0 bridgehead atoms. The third-order valence-electron chi connectivity index (χ3n) is 6.59. The van der Waals surface area contributed by atoms with Gasteiger partial charge in [-0.15, -0.1) is 0 Å². The Balaban J connectivity index is 1.48. The fourth-order valence-corrected chi connectivity index (χ4v) is 4.60. The summed E-state index contributed by atoms with van der Waals surface area (Å²) in [6.45, 7) is 3.66. The van der Waals surface area contributed by atoms with Gasteiger partial charge in [0.15, 0.2) is 0 Å². The fourth-order valence-electron chi connectivity index (χ4n) is 4.60. The summed E-state index contributed by atoms with van der Waals surface area (Å²) < 4.78 is 31.5. The Morgan fingerprint density at radius 3 is 2.76 bits per heavy atom. The largest absolute Gasteiger partial charge is 0.382 e. The smallest absolute Gasteiger partial charge is 0.137 e. The number of hydrogen-bond acceptors (Lipinski definition) is 6. The highest BCUT2D eigenvalue weighted by atomic mass is 19.1. The van der Waals surface area contributed by atoms with Crippen molar-refractivity contribution in [2.24, 2.45) is 0 Å². The van der Waals surface area contributed by atoms with Crippen molar-refractivity contribution in [1.82, 2.24) is 29.9 Å². The van der Waals surface area contributed by atoms with E-state index in [9.17, 15) is 13.9 Å². The van der Waals surface area contributed by atoms with Gasteiger partial charge in [-0.3, -0.25) is 4.68 Å². The summed E-state index contributed by atoms with van der Waals surface area (Å²) in [5.41, 5.74) is -0.0480. The van der Waals surface area contributed by atoms with Crippen molar-refractivity contribution in [3.05, 3.63) is 72.4 Å². The van der Waals surface area contributed by atoms with E-state index in [1.165, 1.54) is 23.4 Å². The van der Waals surface area contributed by atoms with Crippen molar-refractivity contribution in [2.75, 3.05) is 18.4 Å². The van der Waals surface area contributed by atoms with Crippen LogP contribution in [0.5, 0.6) is 0 Å². The second-order valence-electron chi connectivity index (χ2n) is 8.87. The highest BCUT2D eigenvalue weighted by Crippen LogP contribution is 2.37. The number of nitrogens with zero attached hydrogens (tertiary/aromatic N) is 5. The monoisotopic (exact) mass is 467 g/mol. The second-order valence-corrected chi connectivity index (χ2v) is 8.87. The predicted octanol–water partition coefficient (Wildman–Crippen LogP) is 3.22. The Kier molecular flexibility index (Phi) is 6.01. The minimum atomic E-state index is -1.77. The van der Waals surface area contributed by atoms with E-state index in [-0.39, 0.29) is 12.1 Å². The average molecular weight is 468 g/mol. The summed E-state index contributed by atoms with van der Waals surface area (Å²) in [7, 11) is 0. The molecule has 0 saturated carbocycles. The summed E-state index contributed by atoms with van der Waals surface area (Å²) >= 11 is 0. The maximum atomic E-state index is 14.8. The third-order valence-corrected chi connectivity index (χ3v) is 6.59. The molecule has 178 valence electrons. The van der Waals surface area contributed by atoms with Gasteiger partial charge in [-0.2, -0.15) is 10.2 Å². The van der Waals surface area contributed by atoms with E-state index in [1.807, 2.05) is 24.4 Å². The van der Waals surface area contributed by atoms with Gasteiger partial charge in [0.1, 0.15) is 29.9 Å². The molecule has 3 N–H and O–H groups in total. The molecule has 0 spiro atoms. The maximum absolute atomic E-state index is 14.8. The lowest BCUT2D eigenvalue weighted by Crippen LogP contribution is -2.40. The Hall–Kier alpha value is -3.37. The number of anilines is 1. The van der Waals surface area contributed by atoms with Gasteiger partial charge in [0.05, 0.1) is 18.1 Å². The lowest BCUT2D eigenvalue weighted by atomic mass is 9.86. The molecule has 1 aliphatic heterocycles. The minimum absolute atomic E-state index is 0.0373. The van der Waals surface area contributed by atoms with Crippen molar-refractivity contribution < 1.29 is 13.9 Å². The van der Waals surface area contributed by atoms with E-state index >= 15 is 0 Å². The maximum Gasteiger partial charge on any atom is 0.137 e. The summed E-state index contributed by atoms with van der Waals surface area (Å²) in [4.78, 5) is 3.91. The van der Waals surface area contributed by atoms with Gasteiger partial charge in [0, 0.05) is 34.9 Å². The van der Waals surface area contributed by atoms with Crippen LogP contribution in [0.2, 0.25) is 0 Å². The van der Waals surface area contributed by atoms with Crippen LogP contribution < -0.4 is 10.6 Å². The van der Waals surface area contributed by atoms with E-state index in [4.69, 9.17) is 0 Å². The first-order chi connectivity index (χ1) is 16.4. The topological polar surface area (TPSA) is 92.8 Å². The molecule has 4 aromatic rings. The van der Waals surface area contributed by atoms with Crippen molar-refractivity contribution in [2.45, 2.75) is 44.0 Å². The number of benzene rings is 2. The molecule has 3 heterocycles. The molecule has 2 aromatic carbocycles. The molecule has 34 heavy (non-hydrogen) atoms. The Morgan fingerprint density at radius 1 is 1.21 bits per heavy atom. The molecule has 0 aliphatic carbocycles. The predicted molar refractivity (Wildman–Crippen MR) is 124 cm³/mol. The molecule has 0 radical (unpaired) electrons. The first-order valence-electron chi connectivity index (χ1n) is 11.4. The molecule has 10 heteroatoms. The highest BCUT2D eigenvalue weighted by Gasteiger charge is 2.41. The first kappa shape index (κ1) is 22.4. The van der Waals surface area contributed by atoms with Crippen LogP contribution in [-0.4, -0.2) is 48.8 Å². The summed E-state index contributed by atoms with van der Waals surface area (Å²) in [6.07, 6.45) is 6.74. The third kappa shape index (κ3) is 4.38. The fraction of sp³-hybridized carbons (Fsp3) is 0.375. The standard InChI is InChI=1S/C24H27F2N7O/c1-16(24(34,13-32-15-28-14-29-32)21-4-2-18(25)11-22(21)26)33-12-17-10-20(3-5-23(17)31-33)30-19-6-8-27-9-7-19/h2-5,10-12,14-16,19,27,30,34H,6-9,13H2,1H3/t16-,24-/m1/s1. The molecule has 2 aromatic heterocycles. The van der Waals surface area contributed by atoms with Crippen molar-refractivity contribution in [3.8, 4) is 0 Å². The molecule has 8 nitrogen and oxygen atoms in total. The zero-order valence-electron chi connectivity index (χ0n) is 18.8. The van der Waals surface area contributed by atoms with Gasteiger partial charge in [-0.1, -0.05) is 6.07 Å². The number of rotatable bonds is 7. The molecular formula is C24H27F2N7O. The zero-order valence-corrected chi connectivity index (χ0v) is 18.8. The van der Waals surface area contributed by atoms with E-state index < -0.39 is 23.3 Å². The van der Waals surface area contributed by atoms with E-state index in [0.717, 1.165) is 54.7 Å². The number of aliphatic hydroxyl groups is 1. The van der Waals surface area contributed by atoms with E-state index in [2.05, 4.69) is 25.8 Å². The van der Waals surface area contributed by atoms with Crippen LogP contribution in [0.1, 0.15) is 31.4 Å². The zero-order chi connectivity index (χ0) is 23.7. The molecule has 5 rings (SSSR count). The highest BCUT2D eigenvalue weighted by molar-refractivity contribution is 5.82. The lowest BCUT2D eigenvalue weighted by molar-refractivity contribution is -0.0366. The minimum Gasteiger partial charge on any atom is -0.382 e. The van der Waals surface area contributed by atoms with Crippen molar-refractivity contribution in [3.63, 3.8) is 0 Å². The number of halogens is 2. The number of fused-ring (bicyclic) bond motifs is 1. The second kappa shape index (κ2) is 9.11. The number of hydrogen-bond donors (Lipinski definition) is 3. The summed E-state index contributed by atoms with van der Waals surface area (Å²) in [6, 6.07) is 8.84. The molecule has 1 aliphatic rings. The number of nitrogens with one attached hydrogen (secondary N) is 2. The van der Waals surface area contributed by atoms with Crippen LogP contribution >= 0.6 is 0 Å². The number of aromatic nitrogens is 5. The van der Waals surface area contributed by atoms with Gasteiger partial charge in [-0.25, -0.2) is 18.4 Å².